The van der Waals surface area contributed by atoms with Gasteiger partial charge in [-0.2, -0.15) is 5.26 Å². The third kappa shape index (κ3) is 4.23. The number of nitriles is 1. The molecule has 0 aliphatic carbocycles. The summed E-state index contributed by atoms with van der Waals surface area (Å²) in [6.45, 7) is 3.93. The predicted octanol–water partition coefficient (Wildman–Crippen LogP) is 3.92. The second-order valence-corrected chi connectivity index (χ2v) is 5.93. The molecule has 0 heterocycles. The zero-order chi connectivity index (χ0) is 17.7. The largest absolute Gasteiger partial charge is 0.378 e. The van der Waals surface area contributed by atoms with Gasteiger partial charge < -0.3 is 10.2 Å². The molecule has 2 rings (SSSR count). The van der Waals surface area contributed by atoms with E-state index in [2.05, 4.69) is 5.32 Å². The monoisotopic (exact) mass is 319 g/mol. The van der Waals surface area contributed by atoms with E-state index < -0.39 is 5.91 Å². The maximum Gasteiger partial charge on any atom is 0.266 e. The van der Waals surface area contributed by atoms with Crippen LogP contribution in [-0.4, -0.2) is 20.0 Å². The Hall–Kier alpha value is -3.06. The van der Waals surface area contributed by atoms with Crippen LogP contribution in [0.25, 0.3) is 6.08 Å². The molecule has 0 aliphatic heterocycles. The topological polar surface area (TPSA) is 56.1 Å². The molecule has 0 radical (unpaired) electrons. The quantitative estimate of drug-likeness (QED) is 0.686. The Morgan fingerprint density at radius 3 is 2.33 bits per heavy atom. The third-order valence-corrected chi connectivity index (χ3v) is 3.72. The van der Waals surface area contributed by atoms with Crippen molar-refractivity contribution in [1.29, 1.82) is 5.26 Å². The number of rotatable bonds is 4. The lowest BCUT2D eigenvalue weighted by molar-refractivity contribution is -0.112. The molecule has 0 aromatic heterocycles. The van der Waals surface area contributed by atoms with Crippen LogP contribution in [0.4, 0.5) is 11.4 Å². The van der Waals surface area contributed by atoms with E-state index in [1.54, 1.807) is 6.08 Å². The van der Waals surface area contributed by atoms with Crippen molar-refractivity contribution in [3.05, 3.63) is 64.7 Å². The number of benzene rings is 2. The van der Waals surface area contributed by atoms with Gasteiger partial charge in [0.25, 0.3) is 5.91 Å². The molecule has 0 bridgehead atoms. The smallest absolute Gasteiger partial charge is 0.266 e. The predicted molar refractivity (Wildman–Crippen MR) is 98.9 cm³/mol. The van der Waals surface area contributed by atoms with Gasteiger partial charge in [-0.15, -0.1) is 0 Å². The van der Waals surface area contributed by atoms with Crippen LogP contribution in [0.2, 0.25) is 0 Å². The molecule has 0 spiro atoms. The minimum atomic E-state index is -0.402. The molecule has 4 nitrogen and oxygen atoms in total. The SMILES string of the molecule is Cc1ccc(NC(=O)/C(C#N)=C/c2ccc(N(C)C)cc2)c(C)c1. The van der Waals surface area contributed by atoms with E-state index in [1.807, 2.05) is 81.4 Å². The summed E-state index contributed by atoms with van der Waals surface area (Å²) >= 11 is 0. The van der Waals surface area contributed by atoms with Crippen molar-refractivity contribution >= 4 is 23.4 Å². The Kier molecular flexibility index (Phi) is 5.39. The highest BCUT2D eigenvalue weighted by Crippen LogP contribution is 2.18. The fourth-order valence-electron chi connectivity index (χ4n) is 2.33. The highest BCUT2D eigenvalue weighted by molar-refractivity contribution is 6.10. The summed E-state index contributed by atoms with van der Waals surface area (Å²) < 4.78 is 0. The number of aryl methyl sites for hydroxylation is 2. The van der Waals surface area contributed by atoms with E-state index in [4.69, 9.17) is 0 Å². The zero-order valence-electron chi connectivity index (χ0n) is 14.4. The highest BCUT2D eigenvalue weighted by atomic mass is 16.1. The van der Waals surface area contributed by atoms with Crippen LogP contribution in [0.3, 0.4) is 0 Å². The van der Waals surface area contributed by atoms with E-state index in [1.165, 1.54) is 0 Å². The minimum Gasteiger partial charge on any atom is -0.378 e. The Morgan fingerprint density at radius 1 is 1.12 bits per heavy atom. The average molecular weight is 319 g/mol. The first kappa shape index (κ1) is 17.3. The molecule has 0 aliphatic rings. The summed E-state index contributed by atoms with van der Waals surface area (Å²) in [4.78, 5) is 14.3. The first-order valence-corrected chi connectivity index (χ1v) is 7.68. The number of amides is 1. The molecule has 122 valence electrons. The van der Waals surface area contributed by atoms with Gasteiger partial charge in [-0.1, -0.05) is 29.8 Å². The van der Waals surface area contributed by atoms with E-state index in [0.29, 0.717) is 0 Å². The minimum absolute atomic E-state index is 0.0765. The summed E-state index contributed by atoms with van der Waals surface area (Å²) in [5.41, 5.74) is 4.76. The van der Waals surface area contributed by atoms with E-state index >= 15 is 0 Å². The Balaban J connectivity index is 2.20. The molecule has 0 saturated carbocycles. The molecule has 0 fully saturated rings. The van der Waals surface area contributed by atoms with Crippen molar-refractivity contribution in [1.82, 2.24) is 0 Å². The molecule has 2 aromatic carbocycles. The van der Waals surface area contributed by atoms with Crippen LogP contribution in [-0.2, 0) is 4.79 Å². The summed E-state index contributed by atoms with van der Waals surface area (Å²) in [6.07, 6.45) is 1.60. The van der Waals surface area contributed by atoms with Gasteiger partial charge >= 0.3 is 0 Å². The lowest BCUT2D eigenvalue weighted by Gasteiger charge is -2.12. The first-order chi connectivity index (χ1) is 11.4. The van der Waals surface area contributed by atoms with Crippen LogP contribution in [0, 0.1) is 25.2 Å². The van der Waals surface area contributed by atoms with Crippen molar-refractivity contribution in [2.45, 2.75) is 13.8 Å². The van der Waals surface area contributed by atoms with Gasteiger partial charge in [0.05, 0.1) is 0 Å². The van der Waals surface area contributed by atoms with Crippen LogP contribution >= 0.6 is 0 Å². The van der Waals surface area contributed by atoms with Crippen LogP contribution in [0.5, 0.6) is 0 Å². The fraction of sp³-hybridized carbons (Fsp3) is 0.200. The number of hydrogen-bond donors (Lipinski definition) is 1. The molecular formula is C20H21N3O. The van der Waals surface area contributed by atoms with Crippen molar-refractivity contribution in [2.75, 3.05) is 24.3 Å². The van der Waals surface area contributed by atoms with Crippen LogP contribution in [0.15, 0.2) is 48.0 Å². The number of hydrogen-bond acceptors (Lipinski definition) is 3. The fourth-order valence-corrected chi connectivity index (χ4v) is 2.33. The number of carbonyl (C=O) groups excluding carboxylic acids is 1. The van der Waals surface area contributed by atoms with Gasteiger partial charge in [-0.05, 0) is 49.2 Å². The molecule has 2 aromatic rings. The van der Waals surface area contributed by atoms with Gasteiger partial charge in [-0.25, -0.2) is 0 Å². The third-order valence-electron chi connectivity index (χ3n) is 3.72. The number of anilines is 2. The van der Waals surface area contributed by atoms with Gasteiger partial charge in [0.15, 0.2) is 0 Å². The molecule has 0 unspecified atom stereocenters. The zero-order valence-corrected chi connectivity index (χ0v) is 14.4. The highest BCUT2D eigenvalue weighted by Gasteiger charge is 2.11. The van der Waals surface area contributed by atoms with Crippen molar-refractivity contribution in [3.8, 4) is 6.07 Å². The summed E-state index contributed by atoms with van der Waals surface area (Å²) in [5, 5.41) is 12.1. The van der Waals surface area contributed by atoms with E-state index in [-0.39, 0.29) is 5.57 Å². The second-order valence-electron chi connectivity index (χ2n) is 5.93. The lowest BCUT2D eigenvalue weighted by Crippen LogP contribution is -2.14. The Bertz CT molecular complexity index is 812. The molecule has 1 N–H and O–H groups in total. The van der Waals surface area contributed by atoms with Crippen molar-refractivity contribution < 1.29 is 4.79 Å². The summed E-state index contributed by atoms with van der Waals surface area (Å²) in [6, 6.07) is 15.4. The normalized spacial score (nSPS) is 10.9. The maximum absolute atomic E-state index is 12.4. The molecular weight excluding hydrogens is 298 g/mol. The lowest BCUT2D eigenvalue weighted by atomic mass is 10.1. The second kappa shape index (κ2) is 7.47. The molecule has 0 saturated heterocycles. The maximum atomic E-state index is 12.4. The number of carbonyl (C=O) groups is 1. The van der Waals surface area contributed by atoms with Crippen LogP contribution in [0.1, 0.15) is 16.7 Å². The standard InChI is InChI=1S/C20H21N3O/c1-14-5-10-19(15(2)11-14)22-20(24)17(13-21)12-16-6-8-18(9-7-16)23(3)4/h5-12H,1-4H3,(H,22,24)/b17-12+. The molecule has 1 amide bonds. The number of nitrogens with one attached hydrogen (secondary N) is 1. The molecule has 4 heteroatoms. The average Bonchev–Trinajstić information content (AvgIpc) is 2.55. The number of nitrogens with zero attached hydrogens (tertiary/aromatic N) is 2. The van der Waals surface area contributed by atoms with Crippen molar-refractivity contribution in [2.24, 2.45) is 0 Å². The molecule has 0 atom stereocenters. The van der Waals surface area contributed by atoms with Gasteiger partial charge in [0.2, 0.25) is 0 Å². The van der Waals surface area contributed by atoms with Gasteiger partial charge in [-0.3, -0.25) is 4.79 Å². The van der Waals surface area contributed by atoms with E-state index in [0.717, 1.165) is 28.1 Å². The van der Waals surface area contributed by atoms with Crippen molar-refractivity contribution in [3.63, 3.8) is 0 Å². The first-order valence-electron chi connectivity index (χ1n) is 7.68. The summed E-state index contributed by atoms with van der Waals surface area (Å²) in [7, 11) is 3.92. The Morgan fingerprint density at radius 2 is 1.79 bits per heavy atom. The van der Waals surface area contributed by atoms with E-state index in [9.17, 15) is 10.1 Å². The van der Waals surface area contributed by atoms with Crippen LogP contribution < -0.4 is 10.2 Å². The van der Waals surface area contributed by atoms with Gasteiger partial charge in [0.1, 0.15) is 11.6 Å². The molecule has 24 heavy (non-hydrogen) atoms. The Labute approximate surface area is 143 Å². The van der Waals surface area contributed by atoms with Gasteiger partial charge in [0, 0.05) is 25.5 Å². The summed E-state index contributed by atoms with van der Waals surface area (Å²) in [5.74, 6) is -0.402.